The molecule has 0 aromatic heterocycles. The predicted molar refractivity (Wildman–Crippen MR) is 53.2 cm³/mol. The molecule has 0 aliphatic heterocycles. The van der Waals surface area contributed by atoms with E-state index in [9.17, 15) is 4.79 Å². The summed E-state index contributed by atoms with van der Waals surface area (Å²) >= 11 is 0. The van der Waals surface area contributed by atoms with E-state index in [4.69, 9.17) is 6.42 Å². The Balaban J connectivity index is 2.42. The van der Waals surface area contributed by atoms with Crippen LogP contribution in [0, 0.1) is 12.3 Å². The zero-order valence-corrected chi connectivity index (χ0v) is 7.49. The molecule has 1 aromatic rings. The van der Waals surface area contributed by atoms with Crippen LogP contribution in [0.25, 0.3) is 0 Å². The van der Waals surface area contributed by atoms with E-state index in [-0.39, 0.29) is 5.78 Å². The molecular formula is C12H12O. The summed E-state index contributed by atoms with van der Waals surface area (Å²) < 4.78 is 0. The first-order chi connectivity index (χ1) is 6.33. The Bertz CT molecular complexity index is 306. The van der Waals surface area contributed by atoms with Crippen molar-refractivity contribution in [3.8, 4) is 12.3 Å². The zero-order chi connectivity index (χ0) is 9.52. The van der Waals surface area contributed by atoms with Crippen molar-refractivity contribution in [1.29, 1.82) is 0 Å². The summed E-state index contributed by atoms with van der Waals surface area (Å²) in [6.07, 6.45) is 6.61. The summed E-state index contributed by atoms with van der Waals surface area (Å²) in [5.41, 5.74) is 1.06. The normalized spacial score (nSPS) is 9.15. The number of carbonyl (C=O) groups is 1. The molecule has 1 heteroatoms. The van der Waals surface area contributed by atoms with Crippen LogP contribution in [-0.4, -0.2) is 5.78 Å². The molecule has 0 saturated carbocycles. The van der Waals surface area contributed by atoms with Crippen molar-refractivity contribution in [3.63, 3.8) is 0 Å². The van der Waals surface area contributed by atoms with Crippen LogP contribution >= 0.6 is 0 Å². The van der Waals surface area contributed by atoms with Gasteiger partial charge in [0.2, 0.25) is 0 Å². The van der Waals surface area contributed by atoms with Crippen molar-refractivity contribution in [1.82, 2.24) is 0 Å². The van der Waals surface area contributed by atoms with Crippen molar-refractivity contribution in [2.24, 2.45) is 0 Å². The van der Waals surface area contributed by atoms with Crippen molar-refractivity contribution in [3.05, 3.63) is 35.9 Å². The molecule has 1 rings (SSSR count). The van der Waals surface area contributed by atoms with Crippen molar-refractivity contribution in [2.45, 2.75) is 19.3 Å². The molecule has 0 bridgehead atoms. The molecule has 0 N–H and O–H groups in total. The second kappa shape index (κ2) is 5.16. The minimum atomic E-state index is 0.212. The third kappa shape index (κ3) is 3.57. The van der Waals surface area contributed by atoms with Gasteiger partial charge >= 0.3 is 0 Å². The van der Waals surface area contributed by atoms with Gasteiger partial charge in [-0.15, -0.1) is 12.3 Å². The smallest absolute Gasteiger partial charge is 0.138 e. The van der Waals surface area contributed by atoms with Crippen LogP contribution < -0.4 is 0 Å². The van der Waals surface area contributed by atoms with Crippen molar-refractivity contribution in [2.75, 3.05) is 0 Å². The van der Waals surface area contributed by atoms with E-state index < -0.39 is 0 Å². The fourth-order valence-corrected chi connectivity index (χ4v) is 1.12. The Morgan fingerprint density at radius 1 is 1.31 bits per heavy atom. The van der Waals surface area contributed by atoms with E-state index in [0.29, 0.717) is 19.3 Å². The van der Waals surface area contributed by atoms with Gasteiger partial charge in [-0.05, 0) is 5.56 Å². The molecule has 1 aromatic carbocycles. The quantitative estimate of drug-likeness (QED) is 0.636. The maximum atomic E-state index is 11.3. The summed E-state index contributed by atoms with van der Waals surface area (Å²) in [4.78, 5) is 11.3. The van der Waals surface area contributed by atoms with E-state index in [2.05, 4.69) is 5.92 Å². The van der Waals surface area contributed by atoms with Gasteiger partial charge < -0.3 is 0 Å². The van der Waals surface area contributed by atoms with Gasteiger partial charge in [-0.3, -0.25) is 4.79 Å². The Morgan fingerprint density at radius 2 is 2.00 bits per heavy atom. The molecule has 0 fully saturated rings. The highest BCUT2D eigenvalue weighted by molar-refractivity contribution is 5.81. The van der Waals surface area contributed by atoms with Gasteiger partial charge in [-0.2, -0.15) is 0 Å². The minimum absolute atomic E-state index is 0.212. The summed E-state index contributed by atoms with van der Waals surface area (Å²) in [7, 11) is 0. The molecule has 13 heavy (non-hydrogen) atoms. The van der Waals surface area contributed by atoms with Crippen LogP contribution in [-0.2, 0) is 11.2 Å². The first-order valence-electron chi connectivity index (χ1n) is 4.32. The third-order valence-corrected chi connectivity index (χ3v) is 1.79. The number of hydrogen-bond acceptors (Lipinski definition) is 1. The number of hydrogen-bond donors (Lipinski definition) is 0. The number of rotatable bonds is 4. The number of Topliss-reactive ketones (excluding diaryl/α,β-unsaturated/α-hetero) is 1. The van der Waals surface area contributed by atoms with Crippen LogP contribution in [0.15, 0.2) is 30.3 Å². The number of benzene rings is 1. The molecule has 0 aliphatic rings. The lowest BCUT2D eigenvalue weighted by Crippen LogP contribution is -2.01. The topological polar surface area (TPSA) is 17.1 Å². The number of terminal acetylenes is 1. The Labute approximate surface area is 78.8 Å². The van der Waals surface area contributed by atoms with E-state index in [1.54, 1.807) is 0 Å². The highest BCUT2D eigenvalue weighted by atomic mass is 16.1. The van der Waals surface area contributed by atoms with E-state index in [1.807, 2.05) is 30.3 Å². The van der Waals surface area contributed by atoms with Crippen LogP contribution in [0.3, 0.4) is 0 Å². The van der Waals surface area contributed by atoms with Gasteiger partial charge in [0.25, 0.3) is 0 Å². The van der Waals surface area contributed by atoms with Crippen molar-refractivity contribution >= 4 is 5.78 Å². The van der Waals surface area contributed by atoms with E-state index in [0.717, 1.165) is 5.56 Å². The standard InChI is InChI=1S/C12H12O/c1-2-3-9-12(13)10-11-7-5-4-6-8-11/h1,4-8H,3,9-10H2. The first-order valence-corrected chi connectivity index (χ1v) is 4.32. The number of carbonyl (C=O) groups excluding carboxylic acids is 1. The fourth-order valence-electron chi connectivity index (χ4n) is 1.12. The molecule has 0 saturated heterocycles. The van der Waals surface area contributed by atoms with Crippen LogP contribution in [0.2, 0.25) is 0 Å². The Hall–Kier alpha value is -1.55. The van der Waals surface area contributed by atoms with Gasteiger partial charge in [-0.25, -0.2) is 0 Å². The molecule has 0 amide bonds. The average molecular weight is 172 g/mol. The SMILES string of the molecule is C#CCCC(=O)Cc1ccccc1. The zero-order valence-electron chi connectivity index (χ0n) is 7.49. The van der Waals surface area contributed by atoms with Gasteiger partial charge in [0.1, 0.15) is 5.78 Å². The largest absolute Gasteiger partial charge is 0.299 e. The van der Waals surface area contributed by atoms with Crippen LogP contribution in [0.1, 0.15) is 18.4 Å². The lowest BCUT2D eigenvalue weighted by atomic mass is 10.1. The molecule has 0 aliphatic carbocycles. The fraction of sp³-hybridized carbons (Fsp3) is 0.250. The predicted octanol–water partition coefficient (Wildman–Crippen LogP) is 2.21. The lowest BCUT2D eigenvalue weighted by molar-refractivity contribution is -0.118. The average Bonchev–Trinajstić information content (AvgIpc) is 2.16. The Kier molecular flexibility index (Phi) is 3.78. The molecule has 0 unspecified atom stereocenters. The number of ketones is 1. The minimum Gasteiger partial charge on any atom is -0.299 e. The van der Waals surface area contributed by atoms with Crippen LogP contribution in [0.5, 0.6) is 0 Å². The molecule has 0 heterocycles. The van der Waals surface area contributed by atoms with Gasteiger partial charge in [0.15, 0.2) is 0 Å². The van der Waals surface area contributed by atoms with Crippen molar-refractivity contribution < 1.29 is 4.79 Å². The third-order valence-electron chi connectivity index (χ3n) is 1.79. The summed E-state index contributed by atoms with van der Waals surface area (Å²) in [5.74, 6) is 2.68. The Morgan fingerprint density at radius 3 is 2.62 bits per heavy atom. The van der Waals surface area contributed by atoms with Gasteiger partial charge in [0.05, 0.1) is 0 Å². The molecule has 0 radical (unpaired) electrons. The highest BCUT2D eigenvalue weighted by Gasteiger charge is 2.01. The highest BCUT2D eigenvalue weighted by Crippen LogP contribution is 2.02. The lowest BCUT2D eigenvalue weighted by Gasteiger charge is -1.97. The van der Waals surface area contributed by atoms with E-state index >= 15 is 0 Å². The van der Waals surface area contributed by atoms with E-state index in [1.165, 1.54) is 0 Å². The second-order valence-electron chi connectivity index (χ2n) is 2.91. The maximum Gasteiger partial charge on any atom is 0.138 e. The molecular weight excluding hydrogens is 160 g/mol. The monoisotopic (exact) mass is 172 g/mol. The summed E-state index contributed by atoms with van der Waals surface area (Å²) in [6, 6.07) is 9.71. The molecule has 0 atom stereocenters. The molecule has 1 nitrogen and oxygen atoms in total. The first kappa shape index (κ1) is 9.54. The summed E-state index contributed by atoms with van der Waals surface area (Å²) in [6.45, 7) is 0. The summed E-state index contributed by atoms with van der Waals surface area (Å²) in [5, 5.41) is 0. The second-order valence-corrected chi connectivity index (χ2v) is 2.91. The molecule has 66 valence electrons. The molecule has 0 spiro atoms. The van der Waals surface area contributed by atoms with Gasteiger partial charge in [-0.1, -0.05) is 30.3 Å². The van der Waals surface area contributed by atoms with Crippen LogP contribution in [0.4, 0.5) is 0 Å². The maximum absolute atomic E-state index is 11.3. The van der Waals surface area contributed by atoms with Gasteiger partial charge in [0, 0.05) is 19.3 Å².